The summed E-state index contributed by atoms with van der Waals surface area (Å²) in [6.45, 7) is 0. The molecular formula is C16H14F4O. The Morgan fingerprint density at radius 2 is 0.952 bits per heavy atom. The third kappa shape index (κ3) is 5.19. The van der Waals surface area contributed by atoms with Crippen molar-refractivity contribution >= 4 is 0 Å². The summed E-state index contributed by atoms with van der Waals surface area (Å²) in [5.74, 6) is 0. The Labute approximate surface area is 120 Å². The van der Waals surface area contributed by atoms with Crippen LogP contribution in [0.2, 0.25) is 0 Å². The van der Waals surface area contributed by atoms with E-state index < -0.39 is 25.1 Å². The lowest BCUT2D eigenvalue weighted by atomic mass is 10.1. The molecule has 2 rings (SSSR count). The van der Waals surface area contributed by atoms with E-state index in [1.54, 1.807) is 36.4 Å². The molecular weight excluding hydrogens is 284 g/mol. The fourth-order valence-corrected chi connectivity index (χ4v) is 1.96. The molecule has 2 aromatic carbocycles. The van der Waals surface area contributed by atoms with Crippen LogP contribution in [-0.4, -0.2) is 12.2 Å². The minimum atomic E-state index is -3.93. The predicted molar refractivity (Wildman–Crippen MR) is 71.3 cm³/mol. The highest BCUT2D eigenvalue weighted by Gasteiger charge is 2.44. The molecule has 0 aliphatic carbocycles. The highest BCUT2D eigenvalue weighted by Crippen LogP contribution is 2.32. The normalized spacial score (nSPS) is 12.4. The summed E-state index contributed by atoms with van der Waals surface area (Å²) in [7, 11) is 0. The molecule has 0 fully saturated rings. The van der Waals surface area contributed by atoms with Crippen molar-refractivity contribution in [2.24, 2.45) is 0 Å². The summed E-state index contributed by atoms with van der Waals surface area (Å²) in [5, 5.41) is 0. The SMILES string of the molecule is FC(F)(Cc1ccccc1)OC(F)(F)Cc1ccccc1. The zero-order valence-electron chi connectivity index (χ0n) is 11.1. The molecule has 0 unspecified atom stereocenters. The van der Waals surface area contributed by atoms with Crippen LogP contribution in [0.5, 0.6) is 0 Å². The van der Waals surface area contributed by atoms with E-state index in [1.165, 1.54) is 24.3 Å². The summed E-state index contributed by atoms with van der Waals surface area (Å²) >= 11 is 0. The molecule has 0 spiro atoms. The van der Waals surface area contributed by atoms with Crippen molar-refractivity contribution in [3.05, 3.63) is 71.8 Å². The number of hydrogen-bond donors (Lipinski definition) is 0. The van der Waals surface area contributed by atoms with Crippen LogP contribution in [0.15, 0.2) is 60.7 Å². The summed E-state index contributed by atoms with van der Waals surface area (Å²) in [5.41, 5.74) is 0.469. The number of ether oxygens (including phenoxy) is 1. The van der Waals surface area contributed by atoms with Gasteiger partial charge in [0.05, 0.1) is 12.8 Å². The Balaban J connectivity index is 2.01. The Bertz CT molecular complexity index is 504. The van der Waals surface area contributed by atoms with Gasteiger partial charge in [0.15, 0.2) is 0 Å². The molecule has 0 aromatic heterocycles. The van der Waals surface area contributed by atoms with Crippen LogP contribution >= 0.6 is 0 Å². The highest BCUT2D eigenvalue weighted by molar-refractivity contribution is 5.17. The summed E-state index contributed by atoms with van der Waals surface area (Å²) in [4.78, 5) is 0. The molecule has 0 aliphatic rings. The van der Waals surface area contributed by atoms with Gasteiger partial charge in [-0.05, 0) is 11.1 Å². The van der Waals surface area contributed by atoms with Crippen LogP contribution in [0.25, 0.3) is 0 Å². The van der Waals surface area contributed by atoms with Gasteiger partial charge < -0.3 is 0 Å². The van der Waals surface area contributed by atoms with Crippen molar-refractivity contribution < 1.29 is 22.3 Å². The number of rotatable bonds is 6. The van der Waals surface area contributed by atoms with Gasteiger partial charge in [0.1, 0.15) is 0 Å². The number of alkyl halides is 4. The van der Waals surface area contributed by atoms with E-state index in [0.717, 1.165) is 0 Å². The van der Waals surface area contributed by atoms with E-state index in [-0.39, 0.29) is 11.1 Å². The van der Waals surface area contributed by atoms with Gasteiger partial charge in [-0.15, -0.1) is 0 Å². The minimum Gasteiger partial charge on any atom is -0.255 e. The molecule has 0 saturated heterocycles. The van der Waals surface area contributed by atoms with Crippen LogP contribution in [0, 0.1) is 0 Å². The Hall–Kier alpha value is -1.88. The van der Waals surface area contributed by atoms with Crippen molar-refractivity contribution in [2.45, 2.75) is 25.1 Å². The summed E-state index contributed by atoms with van der Waals surface area (Å²) in [6, 6.07) is 15.3. The molecule has 0 saturated carbocycles. The first-order chi connectivity index (χ1) is 9.86. The fraction of sp³-hybridized carbons (Fsp3) is 0.250. The van der Waals surface area contributed by atoms with Gasteiger partial charge in [-0.2, -0.15) is 17.6 Å². The number of hydrogen-bond acceptors (Lipinski definition) is 1. The maximum Gasteiger partial charge on any atom is 0.364 e. The van der Waals surface area contributed by atoms with Gasteiger partial charge in [0, 0.05) is 0 Å². The van der Waals surface area contributed by atoms with Gasteiger partial charge in [0.25, 0.3) is 0 Å². The van der Waals surface area contributed by atoms with Crippen LogP contribution in [0.4, 0.5) is 17.6 Å². The standard InChI is InChI=1S/C16H14F4O/c17-15(18,11-13-7-3-1-4-8-13)21-16(19,20)12-14-9-5-2-6-10-14/h1-10H,11-12H2. The summed E-state index contributed by atoms with van der Waals surface area (Å²) < 4.78 is 58.2. The molecule has 0 bridgehead atoms. The Kier molecular flexibility index (Phi) is 4.63. The smallest absolute Gasteiger partial charge is 0.255 e. The minimum absolute atomic E-state index is 0.234. The molecule has 0 radical (unpaired) electrons. The molecule has 112 valence electrons. The highest BCUT2D eigenvalue weighted by atomic mass is 19.3. The molecule has 0 aliphatic heterocycles. The van der Waals surface area contributed by atoms with Crippen molar-refractivity contribution in [3.8, 4) is 0 Å². The van der Waals surface area contributed by atoms with Crippen LogP contribution in [0.3, 0.4) is 0 Å². The lowest BCUT2D eigenvalue weighted by Gasteiger charge is -2.24. The maximum absolute atomic E-state index is 13.6. The van der Waals surface area contributed by atoms with E-state index in [4.69, 9.17) is 0 Å². The first-order valence-corrected chi connectivity index (χ1v) is 6.40. The van der Waals surface area contributed by atoms with Gasteiger partial charge >= 0.3 is 12.2 Å². The molecule has 0 amide bonds. The zero-order valence-corrected chi connectivity index (χ0v) is 11.1. The van der Waals surface area contributed by atoms with Gasteiger partial charge in [-0.3, -0.25) is 4.74 Å². The largest absolute Gasteiger partial charge is 0.364 e. The molecule has 0 N–H and O–H groups in total. The van der Waals surface area contributed by atoms with Crippen LogP contribution in [0.1, 0.15) is 11.1 Å². The van der Waals surface area contributed by atoms with E-state index in [9.17, 15) is 17.6 Å². The van der Waals surface area contributed by atoms with E-state index >= 15 is 0 Å². The topological polar surface area (TPSA) is 9.23 Å². The van der Waals surface area contributed by atoms with E-state index in [2.05, 4.69) is 4.74 Å². The summed E-state index contributed by atoms with van der Waals surface area (Å²) in [6.07, 6.45) is -9.64. The molecule has 0 atom stereocenters. The van der Waals surface area contributed by atoms with Gasteiger partial charge in [-0.25, -0.2) is 0 Å². The van der Waals surface area contributed by atoms with Crippen LogP contribution in [-0.2, 0) is 17.6 Å². The zero-order chi connectivity index (χ0) is 15.3. The quantitative estimate of drug-likeness (QED) is 0.704. The molecule has 0 heterocycles. The van der Waals surface area contributed by atoms with Crippen molar-refractivity contribution in [1.29, 1.82) is 0 Å². The first-order valence-electron chi connectivity index (χ1n) is 6.40. The second-order valence-electron chi connectivity index (χ2n) is 4.70. The molecule has 1 nitrogen and oxygen atoms in total. The van der Waals surface area contributed by atoms with Crippen molar-refractivity contribution in [1.82, 2.24) is 0 Å². The molecule has 21 heavy (non-hydrogen) atoms. The Morgan fingerprint density at radius 3 is 1.29 bits per heavy atom. The lowest BCUT2D eigenvalue weighted by molar-refractivity contribution is -0.373. The second kappa shape index (κ2) is 6.26. The fourth-order valence-electron chi connectivity index (χ4n) is 1.96. The molecule has 2 aromatic rings. The predicted octanol–water partition coefficient (Wildman–Crippen LogP) is 4.67. The van der Waals surface area contributed by atoms with Gasteiger partial charge in [-0.1, -0.05) is 60.7 Å². The van der Waals surface area contributed by atoms with Crippen LogP contribution < -0.4 is 0 Å². The van der Waals surface area contributed by atoms with E-state index in [0.29, 0.717) is 0 Å². The third-order valence-electron chi connectivity index (χ3n) is 2.80. The van der Waals surface area contributed by atoms with Crippen molar-refractivity contribution in [2.75, 3.05) is 0 Å². The molecule has 5 heteroatoms. The van der Waals surface area contributed by atoms with Gasteiger partial charge in [0.2, 0.25) is 0 Å². The van der Waals surface area contributed by atoms with E-state index in [1.807, 2.05) is 0 Å². The average Bonchev–Trinajstić information content (AvgIpc) is 2.38. The second-order valence-corrected chi connectivity index (χ2v) is 4.70. The lowest BCUT2D eigenvalue weighted by Crippen LogP contribution is -2.36. The van der Waals surface area contributed by atoms with Crippen molar-refractivity contribution in [3.63, 3.8) is 0 Å². The first kappa shape index (κ1) is 15.5. The third-order valence-corrected chi connectivity index (χ3v) is 2.80. The Morgan fingerprint density at radius 1 is 0.619 bits per heavy atom. The average molecular weight is 298 g/mol. The monoisotopic (exact) mass is 298 g/mol. The number of benzene rings is 2. The maximum atomic E-state index is 13.6. The number of halogens is 4.